The number of carboxylic acids is 1. The molecule has 1 atom stereocenters. The molecule has 8 nitrogen and oxygen atoms in total. The average Bonchev–Trinajstić information content (AvgIpc) is 3.63. The molecule has 1 aliphatic carbocycles. The molecule has 2 heterocycles. The predicted molar refractivity (Wildman–Crippen MR) is 137 cm³/mol. The first-order chi connectivity index (χ1) is 17.3. The monoisotopic (exact) mass is 528 g/mol. The molecular formula is C26H28N2O6S2. The third-order valence-electron chi connectivity index (χ3n) is 6.59. The quantitative estimate of drug-likeness (QED) is 0.437. The number of nitrogens with zero attached hydrogens (tertiary/aromatic N) is 2. The molecule has 0 amide bonds. The van der Waals surface area contributed by atoms with E-state index in [1.807, 2.05) is 12.1 Å². The second kappa shape index (κ2) is 10.2. The number of carbonyl (C=O) groups is 1. The highest BCUT2D eigenvalue weighted by Crippen LogP contribution is 2.40. The zero-order valence-corrected chi connectivity index (χ0v) is 21.6. The predicted octanol–water partition coefficient (Wildman–Crippen LogP) is 4.45. The average molecular weight is 529 g/mol. The van der Waals surface area contributed by atoms with Crippen LogP contribution in [-0.4, -0.2) is 44.2 Å². The minimum atomic E-state index is -3.92. The highest BCUT2D eigenvalue weighted by atomic mass is 32.2. The molecule has 1 unspecified atom stereocenters. The number of thiazole rings is 1. The van der Waals surface area contributed by atoms with E-state index in [-0.39, 0.29) is 29.0 Å². The Balaban J connectivity index is 1.52. The Hall–Kier alpha value is -2.95. The number of anilines is 1. The van der Waals surface area contributed by atoms with Gasteiger partial charge in [0.1, 0.15) is 12.4 Å². The van der Waals surface area contributed by atoms with Crippen LogP contribution in [0.2, 0.25) is 0 Å². The van der Waals surface area contributed by atoms with Crippen LogP contribution in [0.25, 0.3) is 0 Å². The van der Waals surface area contributed by atoms with Gasteiger partial charge < -0.3 is 14.6 Å². The summed E-state index contributed by atoms with van der Waals surface area (Å²) in [5, 5.41) is 10.9. The van der Waals surface area contributed by atoms with E-state index >= 15 is 0 Å². The molecule has 0 bridgehead atoms. The van der Waals surface area contributed by atoms with E-state index in [2.05, 4.69) is 4.98 Å². The van der Waals surface area contributed by atoms with Crippen LogP contribution in [0, 0.1) is 12.8 Å². The third-order valence-corrected chi connectivity index (χ3v) is 9.73. The van der Waals surface area contributed by atoms with Gasteiger partial charge in [-0.15, -0.1) is 11.3 Å². The number of fused-ring (bicyclic) bond motifs is 1. The summed E-state index contributed by atoms with van der Waals surface area (Å²) in [6, 6.07) is 10.4. The summed E-state index contributed by atoms with van der Waals surface area (Å²) in [6.07, 6.45) is 3.63. The van der Waals surface area contributed by atoms with Crippen molar-refractivity contribution in [1.29, 1.82) is 0 Å². The molecule has 0 spiro atoms. The van der Waals surface area contributed by atoms with Gasteiger partial charge in [0.25, 0.3) is 10.0 Å². The molecule has 2 aromatic carbocycles. The van der Waals surface area contributed by atoms with Crippen LogP contribution in [0.4, 0.5) is 5.69 Å². The topological polar surface area (TPSA) is 106 Å². The SMILES string of the molecule is Cc1csc(S(=O)(=O)N(CC2CCOC2)c2cc3c(cc2OCc2ccc(C(=O)O)cc2)CCC3)n1. The zero-order valence-electron chi connectivity index (χ0n) is 20.0. The van der Waals surface area contributed by atoms with Crippen LogP contribution in [-0.2, 0) is 34.2 Å². The summed E-state index contributed by atoms with van der Waals surface area (Å²) >= 11 is 1.12. The number of aromatic carboxylic acids is 1. The van der Waals surface area contributed by atoms with Crippen molar-refractivity contribution in [1.82, 2.24) is 4.98 Å². The lowest BCUT2D eigenvalue weighted by atomic mass is 10.1. The summed E-state index contributed by atoms with van der Waals surface area (Å²) in [4.78, 5) is 15.5. The zero-order chi connectivity index (χ0) is 25.3. The fourth-order valence-corrected chi connectivity index (χ4v) is 7.31. The van der Waals surface area contributed by atoms with Crippen molar-refractivity contribution in [3.05, 3.63) is 69.7 Å². The van der Waals surface area contributed by atoms with Gasteiger partial charge in [0, 0.05) is 30.1 Å². The number of sulfonamides is 1. The van der Waals surface area contributed by atoms with E-state index in [1.54, 1.807) is 24.4 Å². The summed E-state index contributed by atoms with van der Waals surface area (Å²) < 4.78 is 41.1. The highest BCUT2D eigenvalue weighted by Gasteiger charge is 2.34. The Kier molecular flexibility index (Phi) is 7.00. The first-order valence-electron chi connectivity index (χ1n) is 11.9. The molecule has 2 aliphatic rings. The molecule has 3 aromatic rings. The fourth-order valence-electron chi connectivity index (χ4n) is 4.64. The summed E-state index contributed by atoms with van der Waals surface area (Å²) in [6.45, 7) is 3.38. The Morgan fingerprint density at radius 1 is 1.22 bits per heavy atom. The van der Waals surface area contributed by atoms with E-state index in [4.69, 9.17) is 14.6 Å². The summed E-state index contributed by atoms with van der Waals surface area (Å²) in [5.74, 6) is -0.420. The van der Waals surface area contributed by atoms with E-state index in [0.29, 0.717) is 30.3 Å². The first-order valence-corrected chi connectivity index (χ1v) is 14.3. The molecule has 1 aliphatic heterocycles. The molecule has 1 N–H and O–H groups in total. The van der Waals surface area contributed by atoms with Crippen molar-refractivity contribution in [2.45, 2.75) is 43.6 Å². The van der Waals surface area contributed by atoms with Crippen LogP contribution >= 0.6 is 11.3 Å². The molecule has 36 heavy (non-hydrogen) atoms. The van der Waals surface area contributed by atoms with Crippen LogP contribution in [0.15, 0.2) is 46.1 Å². The van der Waals surface area contributed by atoms with Gasteiger partial charge in [-0.25, -0.2) is 9.78 Å². The normalized spacial score (nSPS) is 17.2. The van der Waals surface area contributed by atoms with Crippen molar-refractivity contribution in [3.63, 3.8) is 0 Å². The van der Waals surface area contributed by atoms with Gasteiger partial charge in [-0.1, -0.05) is 12.1 Å². The van der Waals surface area contributed by atoms with Gasteiger partial charge in [0.15, 0.2) is 0 Å². The number of carboxylic acid groups (broad SMARTS) is 1. The van der Waals surface area contributed by atoms with Crippen LogP contribution in [0.3, 0.4) is 0 Å². The smallest absolute Gasteiger partial charge is 0.335 e. The van der Waals surface area contributed by atoms with Crippen LogP contribution < -0.4 is 9.04 Å². The van der Waals surface area contributed by atoms with E-state index in [0.717, 1.165) is 48.1 Å². The second-order valence-corrected chi connectivity index (χ2v) is 12.1. The standard InChI is InChI=1S/C26H28N2O6S2/c1-17-16-35-26(27-17)36(31,32)28(13-19-9-10-33-14-19)23-11-21-3-2-4-22(21)12-24(23)34-15-18-5-7-20(8-6-18)25(29)30/h5-8,11-12,16,19H,2-4,9-10,13-15H2,1H3,(H,29,30). The molecule has 10 heteroatoms. The minimum absolute atomic E-state index is 0.0645. The Bertz CT molecular complexity index is 1360. The van der Waals surface area contributed by atoms with Gasteiger partial charge in [0.2, 0.25) is 4.34 Å². The lowest BCUT2D eigenvalue weighted by molar-refractivity contribution is 0.0696. The fraction of sp³-hybridized carbons (Fsp3) is 0.385. The number of hydrogen-bond acceptors (Lipinski definition) is 7. The van der Waals surface area contributed by atoms with Gasteiger partial charge in [-0.05, 0) is 73.6 Å². The van der Waals surface area contributed by atoms with E-state index < -0.39 is 16.0 Å². The maximum atomic E-state index is 13.9. The first kappa shape index (κ1) is 24.7. The second-order valence-electron chi connectivity index (χ2n) is 9.25. The molecule has 5 rings (SSSR count). The van der Waals surface area contributed by atoms with Gasteiger partial charge in [-0.2, -0.15) is 8.42 Å². The molecule has 1 aromatic heterocycles. The minimum Gasteiger partial charge on any atom is -0.487 e. The van der Waals surface area contributed by atoms with Gasteiger partial charge in [-0.3, -0.25) is 4.31 Å². The highest BCUT2D eigenvalue weighted by molar-refractivity contribution is 7.94. The Morgan fingerprint density at radius 2 is 1.97 bits per heavy atom. The van der Waals surface area contributed by atoms with Crippen molar-refractivity contribution < 1.29 is 27.8 Å². The third kappa shape index (κ3) is 5.11. The number of benzene rings is 2. The molecule has 0 radical (unpaired) electrons. The number of hydrogen-bond donors (Lipinski definition) is 1. The van der Waals surface area contributed by atoms with Gasteiger partial charge >= 0.3 is 5.97 Å². The van der Waals surface area contributed by atoms with Crippen molar-refractivity contribution in [2.75, 3.05) is 24.1 Å². The maximum Gasteiger partial charge on any atom is 0.335 e. The van der Waals surface area contributed by atoms with Crippen LogP contribution in [0.1, 0.15) is 45.6 Å². The van der Waals surface area contributed by atoms with Crippen molar-refractivity contribution in [3.8, 4) is 5.75 Å². The van der Waals surface area contributed by atoms with Gasteiger partial charge in [0.05, 0.1) is 17.9 Å². The Labute approximate surface area is 214 Å². The summed E-state index contributed by atoms with van der Waals surface area (Å²) in [5.41, 5.74) is 4.48. The Morgan fingerprint density at radius 3 is 2.61 bits per heavy atom. The van der Waals surface area contributed by atoms with E-state index in [9.17, 15) is 13.2 Å². The maximum absolute atomic E-state index is 13.9. The van der Waals surface area contributed by atoms with Crippen LogP contribution in [0.5, 0.6) is 5.75 Å². The lowest BCUT2D eigenvalue weighted by Crippen LogP contribution is -2.36. The summed E-state index contributed by atoms with van der Waals surface area (Å²) in [7, 11) is -3.92. The largest absolute Gasteiger partial charge is 0.487 e. The number of aryl methyl sites for hydroxylation is 3. The number of aromatic nitrogens is 1. The molecule has 0 saturated carbocycles. The van der Waals surface area contributed by atoms with Crippen molar-refractivity contribution >= 4 is 33.0 Å². The molecule has 1 fully saturated rings. The molecule has 190 valence electrons. The van der Waals surface area contributed by atoms with E-state index in [1.165, 1.54) is 22.0 Å². The number of ether oxygens (including phenoxy) is 2. The van der Waals surface area contributed by atoms with Crippen molar-refractivity contribution in [2.24, 2.45) is 5.92 Å². The molecular weight excluding hydrogens is 500 g/mol. The lowest BCUT2D eigenvalue weighted by Gasteiger charge is -2.28. The number of rotatable bonds is 9. The molecule has 1 saturated heterocycles.